The lowest BCUT2D eigenvalue weighted by Gasteiger charge is -2.33. The zero-order valence-corrected chi connectivity index (χ0v) is 20.7. The summed E-state index contributed by atoms with van der Waals surface area (Å²) in [4.78, 5) is 21.8. The number of alkyl halides is 3. The predicted octanol–water partition coefficient (Wildman–Crippen LogP) is 4.80. The van der Waals surface area contributed by atoms with E-state index in [-0.39, 0.29) is 17.4 Å². The number of fused-ring (bicyclic) bond motifs is 1. The lowest BCUT2D eigenvalue weighted by Crippen LogP contribution is -2.42. The Hall–Kier alpha value is -2.88. The number of amides is 1. The largest absolute Gasteiger partial charge is 0.420 e. The van der Waals surface area contributed by atoms with E-state index >= 15 is 0 Å². The minimum absolute atomic E-state index is 0.0818. The molecule has 4 heterocycles. The van der Waals surface area contributed by atoms with Gasteiger partial charge in [0.15, 0.2) is 5.58 Å². The highest BCUT2D eigenvalue weighted by molar-refractivity contribution is 5.83. The number of aromatic nitrogens is 3. The van der Waals surface area contributed by atoms with Crippen LogP contribution in [-0.2, 0) is 17.5 Å². The van der Waals surface area contributed by atoms with Crippen LogP contribution in [-0.4, -0.2) is 63.1 Å². The number of carbonyl (C=O) groups is 1. The lowest BCUT2D eigenvalue weighted by atomic mass is 9.91. The maximum atomic E-state index is 13.3. The number of benzene rings is 1. The fourth-order valence-electron chi connectivity index (χ4n) is 6.31. The number of nitrogens with zero attached hydrogens (tertiary/aromatic N) is 5. The molecule has 0 spiro atoms. The van der Waals surface area contributed by atoms with Crippen LogP contribution in [0.2, 0.25) is 0 Å². The number of piperidine rings is 2. The standard InChI is InChI=1S/C27H32F3N5O2/c28-27(29,30)23-5-1-4-21-24(32-37-25(21)23)19-6-10-33(11-7-19)16-20-13-22(20)26(36)35-9-2-3-18(15-35)14-34-12-8-31-17-34/h1,4-5,8,12,17-20,22H,2-3,6-7,9-11,13-16H2/t18-,20-,22+/m0/s1. The minimum atomic E-state index is -4.47. The molecule has 6 rings (SSSR count). The number of rotatable bonds is 6. The van der Waals surface area contributed by atoms with Crippen LogP contribution in [0.4, 0.5) is 13.2 Å². The van der Waals surface area contributed by atoms with Crippen LogP contribution in [0, 0.1) is 17.8 Å². The maximum Gasteiger partial charge on any atom is 0.420 e. The predicted molar refractivity (Wildman–Crippen MR) is 131 cm³/mol. The summed E-state index contributed by atoms with van der Waals surface area (Å²) >= 11 is 0. The summed E-state index contributed by atoms with van der Waals surface area (Å²) in [5.41, 5.74) is -0.306. The average molecular weight is 516 g/mol. The summed E-state index contributed by atoms with van der Waals surface area (Å²) in [5.74, 6) is 1.40. The third kappa shape index (κ3) is 5.12. The van der Waals surface area contributed by atoms with Crippen molar-refractivity contribution in [1.82, 2.24) is 24.5 Å². The Morgan fingerprint density at radius 3 is 2.70 bits per heavy atom. The van der Waals surface area contributed by atoms with Crippen molar-refractivity contribution in [3.63, 3.8) is 0 Å². The van der Waals surface area contributed by atoms with Crippen molar-refractivity contribution >= 4 is 16.9 Å². The number of carbonyl (C=O) groups excluding carboxylic acids is 1. The van der Waals surface area contributed by atoms with Crippen LogP contribution in [0.15, 0.2) is 41.4 Å². The Balaban J connectivity index is 1.000. The summed E-state index contributed by atoms with van der Waals surface area (Å²) in [6.45, 7) is 5.21. The molecular weight excluding hydrogens is 483 g/mol. The van der Waals surface area contributed by atoms with E-state index in [0.717, 1.165) is 77.4 Å². The molecule has 7 nitrogen and oxygen atoms in total. The van der Waals surface area contributed by atoms with Crippen molar-refractivity contribution in [2.24, 2.45) is 17.8 Å². The molecule has 1 saturated carbocycles. The van der Waals surface area contributed by atoms with Crippen molar-refractivity contribution in [1.29, 1.82) is 0 Å². The molecule has 0 unspecified atom stereocenters. The van der Waals surface area contributed by atoms with E-state index in [4.69, 9.17) is 4.52 Å². The van der Waals surface area contributed by atoms with Gasteiger partial charge in [-0.15, -0.1) is 0 Å². The number of hydrogen-bond acceptors (Lipinski definition) is 5. The number of imidazole rings is 1. The van der Waals surface area contributed by atoms with Gasteiger partial charge in [0.25, 0.3) is 0 Å². The summed E-state index contributed by atoms with van der Waals surface area (Å²) in [6, 6.07) is 4.13. The van der Waals surface area contributed by atoms with Crippen LogP contribution in [0.25, 0.3) is 11.0 Å². The zero-order chi connectivity index (χ0) is 25.6. The highest BCUT2D eigenvalue weighted by Gasteiger charge is 2.46. The Kier molecular flexibility index (Phi) is 6.46. The first-order chi connectivity index (χ1) is 17.9. The van der Waals surface area contributed by atoms with E-state index in [1.165, 1.54) is 6.07 Å². The molecule has 198 valence electrons. The Bertz CT molecular complexity index is 1230. The molecule has 10 heteroatoms. The van der Waals surface area contributed by atoms with Crippen LogP contribution in [0.5, 0.6) is 0 Å². The van der Waals surface area contributed by atoms with Gasteiger partial charge < -0.3 is 18.9 Å². The molecule has 1 aromatic carbocycles. The van der Waals surface area contributed by atoms with Crippen molar-refractivity contribution in [2.75, 3.05) is 32.7 Å². The van der Waals surface area contributed by atoms with E-state index < -0.39 is 11.7 Å². The second-order valence-corrected chi connectivity index (χ2v) is 11.0. The number of hydrogen-bond donors (Lipinski definition) is 0. The molecule has 2 aliphatic heterocycles. The molecule has 0 N–H and O–H groups in total. The molecule has 1 aliphatic carbocycles. The monoisotopic (exact) mass is 515 g/mol. The van der Waals surface area contributed by atoms with Gasteiger partial charge in [-0.2, -0.15) is 13.2 Å². The normalized spacial score (nSPS) is 25.6. The van der Waals surface area contributed by atoms with E-state index in [9.17, 15) is 18.0 Å². The molecule has 3 atom stereocenters. The van der Waals surface area contributed by atoms with Crippen LogP contribution in [0.1, 0.15) is 49.3 Å². The first-order valence-corrected chi connectivity index (χ1v) is 13.3. The van der Waals surface area contributed by atoms with Crippen LogP contribution in [0.3, 0.4) is 0 Å². The molecule has 2 aromatic heterocycles. The zero-order valence-electron chi connectivity index (χ0n) is 20.7. The molecule has 0 radical (unpaired) electrons. The third-order valence-corrected chi connectivity index (χ3v) is 8.40. The van der Waals surface area contributed by atoms with Gasteiger partial charge in [0.1, 0.15) is 5.56 Å². The molecule has 0 bridgehead atoms. The summed E-state index contributed by atoms with van der Waals surface area (Å²) < 4.78 is 47.2. The second-order valence-electron chi connectivity index (χ2n) is 11.0. The fourth-order valence-corrected chi connectivity index (χ4v) is 6.31. The van der Waals surface area contributed by atoms with E-state index in [1.807, 2.05) is 12.5 Å². The van der Waals surface area contributed by atoms with Crippen LogP contribution < -0.4 is 0 Å². The van der Waals surface area contributed by atoms with Gasteiger partial charge in [-0.05, 0) is 69.2 Å². The fraction of sp³-hybridized carbons (Fsp3) is 0.593. The van der Waals surface area contributed by atoms with Crippen molar-refractivity contribution in [2.45, 2.75) is 50.7 Å². The number of halogens is 3. The van der Waals surface area contributed by atoms with E-state index in [0.29, 0.717) is 28.8 Å². The van der Waals surface area contributed by atoms with E-state index in [1.54, 1.807) is 12.3 Å². The Morgan fingerprint density at radius 2 is 1.95 bits per heavy atom. The molecule has 3 aromatic rings. The van der Waals surface area contributed by atoms with Gasteiger partial charge in [-0.1, -0.05) is 11.2 Å². The highest BCUT2D eigenvalue weighted by atomic mass is 19.4. The van der Waals surface area contributed by atoms with Crippen molar-refractivity contribution in [3.8, 4) is 0 Å². The van der Waals surface area contributed by atoms with Crippen molar-refractivity contribution < 1.29 is 22.5 Å². The molecular formula is C27H32F3N5O2. The third-order valence-electron chi connectivity index (χ3n) is 8.40. The molecule has 2 saturated heterocycles. The maximum absolute atomic E-state index is 13.3. The van der Waals surface area contributed by atoms with Gasteiger partial charge in [0, 0.05) is 55.8 Å². The average Bonchev–Trinajstić information content (AvgIpc) is 3.25. The quantitative estimate of drug-likeness (QED) is 0.472. The first-order valence-electron chi connectivity index (χ1n) is 13.3. The van der Waals surface area contributed by atoms with Crippen LogP contribution >= 0.6 is 0 Å². The Morgan fingerprint density at radius 1 is 1.11 bits per heavy atom. The van der Waals surface area contributed by atoms with Gasteiger partial charge in [-0.25, -0.2) is 4.98 Å². The summed E-state index contributed by atoms with van der Waals surface area (Å²) in [6.07, 6.45) is 5.94. The topological polar surface area (TPSA) is 67.4 Å². The highest BCUT2D eigenvalue weighted by Crippen LogP contribution is 2.43. The Labute approximate surface area is 213 Å². The van der Waals surface area contributed by atoms with Gasteiger partial charge in [-0.3, -0.25) is 4.79 Å². The van der Waals surface area contributed by atoms with E-state index in [2.05, 4.69) is 24.5 Å². The lowest BCUT2D eigenvalue weighted by molar-refractivity contribution is -0.137. The summed E-state index contributed by atoms with van der Waals surface area (Å²) in [5, 5.41) is 4.53. The second kappa shape index (κ2) is 9.78. The molecule has 3 aliphatic rings. The number of likely N-dealkylation sites (tertiary alicyclic amines) is 2. The molecule has 37 heavy (non-hydrogen) atoms. The SMILES string of the molecule is O=C([C@@H]1C[C@H]1CN1CCC(c2noc3c(C(F)(F)F)cccc23)CC1)N1CCC[C@@H](Cn2ccnc2)C1. The molecule has 3 fully saturated rings. The van der Waals surface area contributed by atoms with Crippen molar-refractivity contribution in [3.05, 3.63) is 48.2 Å². The smallest absolute Gasteiger partial charge is 0.355 e. The first kappa shape index (κ1) is 24.5. The number of para-hydroxylation sites is 1. The minimum Gasteiger partial charge on any atom is -0.355 e. The summed E-state index contributed by atoms with van der Waals surface area (Å²) in [7, 11) is 0. The van der Waals surface area contributed by atoms with Gasteiger partial charge >= 0.3 is 6.18 Å². The molecule has 1 amide bonds. The van der Waals surface area contributed by atoms with Gasteiger partial charge in [0.05, 0.1) is 12.0 Å². The van der Waals surface area contributed by atoms with Gasteiger partial charge in [0.2, 0.25) is 5.91 Å².